The molecule has 0 saturated carbocycles. The van der Waals surface area contributed by atoms with Gasteiger partial charge >= 0.3 is 0 Å². The maximum atomic E-state index is 11.2. The predicted octanol–water partition coefficient (Wildman–Crippen LogP) is -9.97. The highest BCUT2D eigenvalue weighted by molar-refractivity contribution is 4.98. The molecule has 0 aliphatic carbocycles. The fourth-order valence-electron chi connectivity index (χ4n) is 8.83. The van der Waals surface area contributed by atoms with E-state index in [0.29, 0.717) is 0 Å². The van der Waals surface area contributed by atoms with Crippen LogP contribution in [-0.2, 0) is 56.8 Å². The molecular weight excluding hydrogens is 864 g/mol. The summed E-state index contributed by atoms with van der Waals surface area (Å²) < 4.78 is 69.3. The molecule has 0 aromatic carbocycles. The van der Waals surface area contributed by atoms with Crippen LogP contribution in [0.25, 0.3) is 0 Å². The van der Waals surface area contributed by atoms with Crippen molar-refractivity contribution in [2.24, 2.45) is 0 Å². The van der Waals surface area contributed by atoms with Crippen LogP contribution in [0.1, 0.15) is 19.8 Å². The van der Waals surface area contributed by atoms with Crippen LogP contribution in [0.2, 0.25) is 0 Å². The minimum absolute atomic E-state index is 0.375. The van der Waals surface area contributed by atoms with Crippen molar-refractivity contribution in [3.05, 3.63) is 0 Å². The molecule has 22 aliphatic heterocycles. The molecule has 15 N–H and O–H groups in total. The summed E-state index contributed by atoms with van der Waals surface area (Å²) in [4.78, 5) is 0. The number of hydrogen-bond acceptors (Lipinski definition) is 27. The summed E-state index contributed by atoms with van der Waals surface area (Å²) in [5.74, 6) is 0. The third kappa shape index (κ3) is 10.1. The second-order valence-corrected chi connectivity index (χ2v) is 16.6. The Morgan fingerprint density at radius 1 is 0.302 bits per heavy atom. The lowest BCUT2D eigenvalue weighted by Gasteiger charge is -2.49. The molecule has 28 atom stereocenters. The fraction of sp³-hybridized carbons (Fsp3) is 1.00. The Hall–Kier alpha value is -1.08. The molecule has 0 aromatic heterocycles. The lowest BCUT2D eigenvalue weighted by molar-refractivity contribution is -0.394. The molecule has 0 aromatic rings. The summed E-state index contributed by atoms with van der Waals surface area (Å²) >= 11 is 0. The molecule has 27 nitrogen and oxygen atoms in total. The largest absolute Gasteiger partial charge is 0.394 e. The molecule has 12 bridgehead atoms. The zero-order chi connectivity index (χ0) is 45.6. The molecule has 22 heterocycles. The highest BCUT2D eigenvalue weighted by atomic mass is 16.8. The van der Waals surface area contributed by atoms with Gasteiger partial charge in [0.05, 0.1) is 51.3 Å². The SMILES string of the molecule is CC1O[C@H]2O[C@H]3C(CO)O[C@@H](O[C@H]4CC(O)[C@@H](OC4CO)O[C@H]4C(CO)O[C@@H](O[C@H]5C(CO)O[C@@H](O[C@@H]6CC(O)[C@@H](OC6CO)O[C@@H]1[C@H](O)C2O)C(O)[C@H]5O)C(O)[C@H]4O)C(O)[C@H]3O. The molecule has 63 heavy (non-hydrogen) atoms. The Bertz CT molecular complexity index is 1430. The minimum atomic E-state index is -2.03. The predicted molar refractivity (Wildman–Crippen MR) is 192 cm³/mol. The van der Waals surface area contributed by atoms with Crippen LogP contribution in [0.15, 0.2) is 0 Å². The van der Waals surface area contributed by atoms with E-state index in [9.17, 15) is 76.6 Å². The van der Waals surface area contributed by atoms with Crippen molar-refractivity contribution in [2.75, 3.05) is 33.0 Å². The summed E-state index contributed by atoms with van der Waals surface area (Å²) in [6.45, 7) is -2.80. The van der Waals surface area contributed by atoms with Gasteiger partial charge in [-0.2, -0.15) is 0 Å². The molecule has 22 rings (SSSR count). The highest BCUT2D eigenvalue weighted by Gasteiger charge is 2.56. The van der Waals surface area contributed by atoms with Crippen LogP contribution in [0.3, 0.4) is 0 Å². The Morgan fingerprint density at radius 2 is 0.571 bits per heavy atom. The van der Waals surface area contributed by atoms with Crippen molar-refractivity contribution < 1.29 is 133 Å². The number of ether oxygens (including phenoxy) is 12. The monoisotopic (exact) mass is 924 g/mol. The fourth-order valence-corrected chi connectivity index (χ4v) is 8.83. The summed E-state index contributed by atoms with van der Waals surface area (Å²) in [5.41, 5.74) is 0. The first-order chi connectivity index (χ1) is 30.0. The summed E-state index contributed by atoms with van der Waals surface area (Å²) in [6, 6.07) is 0. The van der Waals surface area contributed by atoms with Gasteiger partial charge < -0.3 is 133 Å². The van der Waals surface area contributed by atoms with Crippen LogP contribution in [0.4, 0.5) is 0 Å². The van der Waals surface area contributed by atoms with Crippen molar-refractivity contribution in [1.82, 2.24) is 0 Å². The normalized spacial score (nSPS) is 55.0. The van der Waals surface area contributed by atoms with Gasteiger partial charge in [-0.25, -0.2) is 0 Å². The van der Waals surface area contributed by atoms with E-state index in [4.69, 9.17) is 56.8 Å². The van der Waals surface area contributed by atoms with E-state index >= 15 is 0 Å². The van der Waals surface area contributed by atoms with Gasteiger partial charge in [0.15, 0.2) is 37.7 Å². The zero-order valence-corrected chi connectivity index (χ0v) is 33.7. The van der Waals surface area contributed by atoms with Crippen LogP contribution in [-0.4, -0.2) is 282 Å². The third-order valence-corrected chi connectivity index (χ3v) is 12.4. The zero-order valence-electron chi connectivity index (χ0n) is 33.7. The molecule has 0 spiro atoms. The lowest BCUT2D eigenvalue weighted by atomic mass is 9.95. The Labute approximate surface area is 358 Å². The first kappa shape index (κ1) is 49.8. The van der Waals surface area contributed by atoms with E-state index in [1.165, 1.54) is 6.92 Å². The van der Waals surface area contributed by atoms with Crippen LogP contribution in [0, 0.1) is 0 Å². The van der Waals surface area contributed by atoms with E-state index in [2.05, 4.69) is 0 Å². The number of aliphatic hydroxyl groups excluding tert-OH is 15. The molecule has 27 heteroatoms. The molecule has 12 unspecified atom stereocenters. The quantitative estimate of drug-likeness (QED) is 0.122. The average Bonchev–Trinajstić information content (AvgIpc) is 3.26. The van der Waals surface area contributed by atoms with E-state index in [1.807, 2.05) is 0 Å². The highest BCUT2D eigenvalue weighted by Crippen LogP contribution is 2.37. The van der Waals surface area contributed by atoms with E-state index < -0.39 is 211 Å². The first-order valence-corrected chi connectivity index (χ1v) is 20.7. The number of hydrogen-bond donors (Lipinski definition) is 15. The number of aliphatic hydroxyl groups is 15. The van der Waals surface area contributed by atoms with Crippen LogP contribution in [0.5, 0.6) is 0 Å². The molecule has 0 amide bonds. The van der Waals surface area contributed by atoms with Crippen LogP contribution < -0.4 is 0 Å². The Balaban J connectivity index is 1.15. The third-order valence-electron chi connectivity index (χ3n) is 12.4. The maximum Gasteiger partial charge on any atom is 0.187 e. The van der Waals surface area contributed by atoms with Gasteiger partial charge in [-0.3, -0.25) is 0 Å². The van der Waals surface area contributed by atoms with Gasteiger partial charge in [0.2, 0.25) is 0 Å². The Morgan fingerprint density at radius 3 is 0.921 bits per heavy atom. The minimum Gasteiger partial charge on any atom is -0.394 e. The summed E-state index contributed by atoms with van der Waals surface area (Å²) in [6.07, 6.45) is -47.4. The van der Waals surface area contributed by atoms with Crippen molar-refractivity contribution in [1.29, 1.82) is 0 Å². The summed E-state index contributed by atoms with van der Waals surface area (Å²) in [7, 11) is 0. The molecule has 0 radical (unpaired) electrons. The van der Waals surface area contributed by atoms with Gasteiger partial charge in [-0.05, 0) is 6.92 Å². The van der Waals surface area contributed by atoms with Gasteiger partial charge in [0.1, 0.15) is 116 Å². The Kier molecular flexibility index (Phi) is 16.6. The second kappa shape index (κ2) is 21.1. The first-order valence-electron chi connectivity index (χ1n) is 20.7. The van der Waals surface area contributed by atoms with Gasteiger partial charge in [0.25, 0.3) is 0 Å². The smallest absolute Gasteiger partial charge is 0.187 e. The van der Waals surface area contributed by atoms with Crippen molar-refractivity contribution in [3.8, 4) is 0 Å². The van der Waals surface area contributed by atoms with E-state index in [-0.39, 0.29) is 6.42 Å². The molecular formula is C36H60O27. The van der Waals surface area contributed by atoms with Crippen molar-refractivity contribution in [2.45, 2.75) is 192 Å². The van der Waals surface area contributed by atoms with Gasteiger partial charge in [0, 0.05) is 12.8 Å². The van der Waals surface area contributed by atoms with E-state index in [1.54, 1.807) is 0 Å². The topological polar surface area (TPSA) is 414 Å². The van der Waals surface area contributed by atoms with Gasteiger partial charge in [-0.1, -0.05) is 0 Å². The second-order valence-electron chi connectivity index (χ2n) is 16.6. The molecule has 366 valence electrons. The molecule has 22 aliphatic rings. The average molecular weight is 925 g/mol. The van der Waals surface area contributed by atoms with Gasteiger partial charge in [-0.15, -0.1) is 0 Å². The van der Waals surface area contributed by atoms with E-state index in [0.717, 1.165) is 0 Å². The van der Waals surface area contributed by atoms with Crippen molar-refractivity contribution >= 4 is 0 Å². The summed E-state index contributed by atoms with van der Waals surface area (Å²) in [5, 5.41) is 163. The molecule has 22 fully saturated rings. The maximum absolute atomic E-state index is 11.2. The van der Waals surface area contributed by atoms with Crippen molar-refractivity contribution in [3.63, 3.8) is 0 Å². The molecule has 22 saturated heterocycles. The van der Waals surface area contributed by atoms with Crippen LogP contribution >= 0.6 is 0 Å². The number of rotatable bonds is 5. The standard InChI is InChI=1S/C36H60O27/c1-9-27-19(44)23(48)33(52-9)62-29-17(7-40)57-34(24(49)20(29)45)54-13-3-11(43)32(56-15(13)5-38)61-28-16(6-39)59-36(26(51)22(28)47)63-30-18(8-41)58-35(25(50)21(30)46)53-12-2-10(42)31(60-27)55-14(12)4-37/h9-51H,2-8H2,1H3/t9?,10?,11?,12-,13+,14?,15?,16?,17?,18?,19-,20-,21-,22-,23?,24?,25?,26?,27+,28+,29+,30+,31+,32+,33+,34-,35-,36+/m1/s1. The lowest BCUT2D eigenvalue weighted by Crippen LogP contribution is -2.67.